The van der Waals surface area contributed by atoms with Crippen molar-refractivity contribution in [2.24, 2.45) is 5.73 Å². The van der Waals surface area contributed by atoms with E-state index in [1.54, 1.807) is 4.68 Å². The molecule has 0 saturated carbocycles. The first-order chi connectivity index (χ1) is 14.5. The van der Waals surface area contributed by atoms with Crippen molar-refractivity contribution in [2.75, 3.05) is 11.3 Å². The van der Waals surface area contributed by atoms with E-state index in [4.69, 9.17) is 5.73 Å². The van der Waals surface area contributed by atoms with Gasteiger partial charge in [-0.2, -0.15) is 9.47 Å². The van der Waals surface area contributed by atoms with Crippen LogP contribution in [0.25, 0.3) is 17.0 Å². The van der Waals surface area contributed by atoms with E-state index >= 15 is 0 Å². The molecule has 2 aromatic heterocycles. The van der Waals surface area contributed by atoms with E-state index in [0.717, 1.165) is 22.7 Å². The third-order valence-corrected chi connectivity index (χ3v) is 6.44. The fourth-order valence-corrected chi connectivity index (χ4v) is 4.75. The van der Waals surface area contributed by atoms with Gasteiger partial charge in [0.05, 0.1) is 18.3 Å². The molecule has 4 aromatic rings. The Kier molecular flexibility index (Phi) is 5.57. The van der Waals surface area contributed by atoms with E-state index < -0.39 is 20.7 Å². The minimum Gasteiger partial charge on any atom is -0.327 e. The number of anilines is 1. The molecule has 4 rings (SSSR count). The third kappa shape index (κ3) is 4.08. The fraction of sp³-hybridized carbons (Fsp3) is 0.105. The lowest BCUT2D eigenvalue weighted by Gasteiger charge is -2.09. The van der Waals surface area contributed by atoms with Crippen LogP contribution in [0.4, 0.5) is 9.52 Å². The zero-order chi connectivity index (χ0) is 21.1. The second kappa shape index (κ2) is 8.30. The minimum atomic E-state index is -4.15. The molecule has 0 saturated heterocycles. The topological polar surface area (TPSA) is 116 Å². The number of hydrogen-bond acceptors (Lipinski definition) is 7. The zero-order valence-corrected chi connectivity index (χ0v) is 17.2. The molecular weight excluding hydrogens is 427 g/mol. The summed E-state index contributed by atoms with van der Waals surface area (Å²) < 4.78 is 47.4. The average Bonchev–Trinajstić information content (AvgIpc) is 3.36. The van der Waals surface area contributed by atoms with Gasteiger partial charge in [-0.15, -0.1) is 0 Å². The molecule has 2 heterocycles. The Morgan fingerprint density at radius 1 is 1.27 bits per heavy atom. The molecule has 8 nitrogen and oxygen atoms in total. The van der Waals surface area contributed by atoms with Gasteiger partial charge < -0.3 is 5.73 Å². The van der Waals surface area contributed by atoms with E-state index in [1.807, 2.05) is 36.4 Å². The van der Waals surface area contributed by atoms with Crippen LogP contribution in [0.1, 0.15) is 11.1 Å². The summed E-state index contributed by atoms with van der Waals surface area (Å²) in [5, 5.41) is 4.88. The molecule has 0 amide bonds. The van der Waals surface area contributed by atoms with E-state index in [2.05, 4.69) is 19.2 Å². The van der Waals surface area contributed by atoms with Crippen molar-refractivity contribution < 1.29 is 12.8 Å². The molecule has 2 aromatic carbocycles. The standard InChI is InChI=1S/C19H17FN6O2S2/c20-16-9-17-15(8-18(16)30(27,28)25-19-22-12-24-29-19)10-23-26(17)11-14-5-2-1-4-13(14)6-3-7-21/h1-6,8-10,12H,7,11,21H2,(H,22,24,25). The van der Waals surface area contributed by atoms with Crippen LogP contribution < -0.4 is 10.5 Å². The Morgan fingerprint density at radius 2 is 2.10 bits per heavy atom. The molecule has 0 aliphatic heterocycles. The molecule has 0 fully saturated rings. The number of nitrogens with one attached hydrogen (secondary N) is 1. The molecule has 0 aliphatic carbocycles. The SMILES string of the molecule is NCC=Cc1ccccc1Cn1ncc2cc(S(=O)(=O)Nc3ncns3)c(F)cc21. The Balaban J connectivity index is 1.69. The summed E-state index contributed by atoms with van der Waals surface area (Å²) in [5.41, 5.74) is 7.98. The lowest BCUT2D eigenvalue weighted by atomic mass is 10.1. The maximum atomic E-state index is 14.8. The molecule has 30 heavy (non-hydrogen) atoms. The molecule has 0 radical (unpaired) electrons. The number of fused-ring (bicyclic) bond motifs is 1. The number of sulfonamides is 1. The Hall–Kier alpha value is -3.15. The van der Waals surface area contributed by atoms with Gasteiger partial charge in [0.25, 0.3) is 10.0 Å². The summed E-state index contributed by atoms with van der Waals surface area (Å²) in [6.07, 6.45) is 6.50. The number of aromatic nitrogens is 4. The van der Waals surface area contributed by atoms with Gasteiger partial charge >= 0.3 is 0 Å². The lowest BCUT2D eigenvalue weighted by molar-refractivity contribution is 0.571. The first-order valence-electron chi connectivity index (χ1n) is 8.87. The van der Waals surface area contributed by atoms with E-state index in [-0.39, 0.29) is 5.13 Å². The number of nitrogens with two attached hydrogens (primary N) is 1. The van der Waals surface area contributed by atoms with Crippen molar-refractivity contribution in [3.8, 4) is 0 Å². The summed E-state index contributed by atoms with van der Waals surface area (Å²) in [5.74, 6) is -0.877. The molecule has 11 heteroatoms. The number of halogens is 1. The highest BCUT2D eigenvalue weighted by atomic mass is 32.2. The molecule has 0 unspecified atom stereocenters. The van der Waals surface area contributed by atoms with Crippen LogP contribution >= 0.6 is 11.5 Å². The number of rotatable bonds is 7. The normalized spacial score (nSPS) is 12.1. The second-order valence-electron chi connectivity index (χ2n) is 6.33. The van der Waals surface area contributed by atoms with Crippen molar-refractivity contribution in [3.63, 3.8) is 0 Å². The van der Waals surface area contributed by atoms with Gasteiger partial charge in [0.2, 0.25) is 5.13 Å². The van der Waals surface area contributed by atoms with Gasteiger partial charge in [-0.3, -0.25) is 9.40 Å². The summed E-state index contributed by atoms with van der Waals surface area (Å²) >= 11 is 0.862. The van der Waals surface area contributed by atoms with Gasteiger partial charge in [0.15, 0.2) is 0 Å². The first kappa shape index (κ1) is 20.1. The molecule has 3 N–H and O–H groups in total. The van der Waals surface area contributed by atoms with Crippen LogP contribution in [0.2, 0.25) is 0 Å². The van der Waals surface area contributed by atoms with Crippen molar-refractivity contribution in [2.45, 2.75) is 11.4 Å². The summed E-state index contributed by atoms with van der Waals surface area (Å²) in [6, 6.07) is 10.2. The largest absolute Gasteiger partial charge is 0.327 e. The van der Waals surface area contributed by atoms with Gasteiger partial charge in [-0.25, -0.2) is 17.8 Å². The monoisotopic (exact) mass is 444 g/mol. The molecule has 0 aliphatic rings. The highest BCUT2D eigenvalue weighted by Crippen LogP contribution is 2.26. The van der Waals surface area contributed by atoms with Gasteiger partial charge in [0.1, 0.15) is 17.0 Å². The minimum absolute atomic E-state index is 0.0623. The maximum absolute atomic E-state index is 14.8. The summed E-state index contributed by atoms with van der Waals surface area (Å²) in [6.45, 7) is 0.815. The number of nitrogens with zero attached hydrogens (tertiary/aromatic N) is 4. The average molecular weight is 445 g/mol. The van der Waals surface area contributed by atoms with Crippen LogP contribution in [0, 0.1) is 5.82 Å². The lowest BCUT2D eigenvalue weighted by Crippen LogP contribution is -2.14. The second-order valence-corrected chi connectivity index (χ2v) is 8.76. The van der Waals surface area contributed by atoms with E-state index in [9.17, 15) is 12.8 Å². The van der Waals surface area contributed by atoms with E-state index in [1.165, 1.54) is 24.7 Å². The fourth-order valence-electron chi connectivity index (χ4n) is 3.00. The van der Waals surface area contributed by atoms with Crippen LogP contribution in [-0.2, 0) is 16.6 Å². The summed E-state index contributed by atoms with van der Waals surface area (Å²) in [4.78, 5) is 3.29. The highest BCUT2D eigenvalue weighted by molar-refractivity contribution is 7.93. The van der Waals surface area contributed by atoms with E-state index in [0.29, 0.717) is 24.0 Å². The Labute approximate surface area is 176 Å². The van der Waals surface area contributed by atoms with Gasteiger partial charge in [0, 0.05) is 29.5 Å². The van der Waals surface area contributed by atoms with Crippen molar-refractivity contribution in [1.82, 2.24) is 19.1 Å². The Bertz CT molecular complexity index is 1320. The predicted molar refractivity (Wildman–Crippen MR) is 114 cm³/mol. The van der Waals surface area contributed by atoms with Crippen molar-refractivity contribution in [3.05, 3.63) is 71.9 Å². The molecular formula is C19H17FN6O2S2. The van der Waals surface area contributed by atoms with Crippen LogP contribution in [0.5, 0.6) is 0 Å². The Morgan fingerprint density at radius 3 is 2.87 bits per heavy atom. The molecule has 0 spiro atoms. The summed E-state index contributed by atoms with van der Waals surface area (Å²) in [7, 11) is -4.15. The zero-order valence-electron chi connectivity index (χ0n) is 15.6. The number of hydrogen-bond donors (Lipinski definition) is 2. The van der Waals surface area contributed by atoms with Crippen molar-refractivity contribution >= 4 is 43.7 Å². The quantitative estimate of drug-likeness (QED) is 0.453. The highest BCUT2D eigenvalue weighted by Gasteiger charge is 2.22. The number of benzene rings is 2. The van der Waals surface area contributed by atoms with Gasteiger partial charge in [-0.05, 0) is 17.2 Å². The molecule has 154 valence electrons. The molecule has 0 bridgehead atoms. The van der Waals surface area contributed by atoms with Crippen molar-refractivity contribution in [1.29, 1.82) is 0 Å². The van der Waals surface area contributed by atoms with Crippen LogP contribution in [-0.4, -0.2) is 34.1 Å². The third-order valence-electron chi connectivity index (χ3n) is 4.38. The smallest absolute Gasteiger partial charge is 0.266 e. The maximum Gasteiger partial charge on any atom is 0.266 e. The predicted octanol–water partition coefficient (Wildman–Crippen LogP) is 2.85. The molecule has 0 atom stereocenters. The van der Waals surface area contributed by atoms with Gasteiger partial charge in [-0.1, -0.05) is 36.4 Å². The van der Waals surface area contributed by atoms with Crippen LogP contribution in [0.15, 0.2) is 59.9 Å². The first-order valence-corrected chi connectivity index (χ1v) is 11.1. The van der Waals surface area contributed by atoms with Crippen LogP contribution in [0.3, 0.4) is 0 Å².